The number of hydrogen-bond donors (Lipinski definition) is 0. The van der Waals surface area contributed by atoms with E-state index in [4.69, 9.17) is 13.8 Å². The van der Waals surface area contributed by atoms with E-state index < -0.39 is 0 Å². The third kappa shape index (κ3) is 3.87. The summed E-state index contributed by atoms with van der Waals surface area (Å²) in [7, 11) is 0. The predicted octanol–water partition coefficient (Wildman–Crippen LogP) is 11.6. The number of aryl methyl sites for hydroxylation is 1. The number of benzene rings is 5. The van der Waals surface area contributed by atoms with E-state index in [0.717, 1.165) is 72.2 Å². The Hall–Kier alpha value is -5.09. The van der Waals surface area contributed by atoms with Gasteiger partial charge in [-0.05, 0) is 54.2 Å². The van der Waals surface area contributed by atoms with E-state index in [2.05, 4.69) is 124 Å². The second kappa shape index (κ2) is 9.99. The van der Waals surface area contributed by atoms with Crippen molar-refractivity contribution in [1.82, 2.24) is 9.55 Å². The molecule has 0 aliphatic carbocycles. The maximum atomic E-state index is 6.74. The first-order valence-corrected chi connectivity index (χ1v) is 15.5. The Balaban J connectivity index is 1.55. The quantitative estimate of drug-likeness (QED) is 0.205. The van der Waals surface area contributed by atoms with Gasteiger partial charge in [0.15, 0.2) is 0 Å². The second-order valence-electron chi connectivity index (χ2n) is 12.4. The molecule has 0 aliphatic rings. The Labute approximate surface area is 256 Å². The van der Waals surface area contributed by atoms with Gasteiger partial charge in [0.05, 0.1) is 27.7 Å². The van der Waals surface area contributed by atoms with E-state index in [1.807, 2.05) is 18.2 Å². The number of hydrogen-bond acceptors (Lipinski definition) is 3. The first-order valence-electron chi connectivity index (χ1n) is 15.5. The molecule has 3 aromatic heterocycles. The third-order valence-electron chi connectivity index (χ3n) is 8.95. The lowest BCUT2D eigenvalue weighted by Crippen LogP contribution is -2.08. The minimum atomic E-state index is 0.330. The summed E-state index contributed by atoms with van der Waals surface area (Å²) in [4.78, 5) is 5.35. The SMILES string of the molecule is Cc1c(-c2ccccc2)oc2c1cc(-c1nc3ccccc3n1-c1c(C(C)C)cccc1C(C)C)c1oc3ccccc3c12. The monoisotopic (exact) mass is 574 g/mol. The van der Waals surface area contributed by atoms with Gasteiger partial charge >= 0.3 is 0 Å². The summed E-state index contributed by atoms with van der Waals surface area (Å²) in [6.45, 7) is 11.2. The summed E-state index contributed by atoms with van der Waals surface area (Å²) >= 11 is 0. The Morgan fingerprint density at radius 3 is 2.09 bits per heavy atom. The molecular weight excluding hydrogens is 540 g/mol. The molecule has 0 bridgehead atoms. The Bertz CT molecular complexity index is 2320. The molecule has 0 atom stereocenters. The van der Waals surface area contributed by atoms with E-state index in [1.165, 1.54) is 16.8 Å². The average Bonchev–Trinajstić information content (AvgIpc) is 3.72. The first kappa shape index (κ1) is 26.5. The maximum Gasteiger partial charge on any atom is 0.150 e. The van der Waals surface area contributed by atoms with Gasteiger partial charge in [0.25, 0.3) is 0 Å². The molecule has 0 saturated carbocycles. The predicted molar refractivity (Wildman–Crippen MR) is 182 cm³/mol. The van der Waals surface area contributed by atoms with Crippen LogP contribution in [0, 0.1) is 6.92 Å². The molecular formula is C40H34N2O2. The summed E-state index contributed by atoms with van der Waals surface area (Å²) in [5.41, 5.74) is 11.4. The van der Waals surface area contributed by atoms with Crippen molar-refractivity contribution in [1.29, 1.82) is 0 Å². The van der Waals surface area contributed by atoms with Crippen molar-refractivity contribution in [2.45, 2.75) is 46.5 Å². The fourth-order valence-electron chi connectivity index (χ4n) is 6.79. The highest BCUT2D eigenvalue weighted by molar-refractivity contribution is 6.21. The van der Waals surface area contributed by atoms with Crippen molar-refractivity contribution in [3.63, 3.8) is 0 Å². The zero-order valence-corrected chi connectivity index (χ0v) is 25.7. The van der Waals surface area contributed by atoms with Crippen LogP contribution < -0.4 is 0 Å². The molecule has 0 amide bonds. The lowest BCUT2D eigenvalue weighted by molar-refractivity contribution is 0.631. The van der Waals surface area contributed by atoms with Gasteiger partial charge in [0.2, 0.25) is 0 Å². The Morgan fingerprint density at radius 1 is 0.659 bits per heavy atom. The molecule has 44 heavy (non-hydrogen) atoms. The lowest BCUT2D eigenvalue weighted by Gasteiger charge is -2.22. The van der Waals surface area contributed by atoms with Crippen molar-refractivity contribution in [2.75, 3.05) is 0 Å². The molecule has 0 aliphatic heterocycles. The normalized spacial score (nSPS) is 12.2. The van der Waals surface area contributed by atoms with Gasteiger partial charge in [0.1, 0.15) is 28.3 Å². The summed E-state index contributed by atoms with van der Waals surface area (Å²) in [6, 6.07) is 36.0. The first-order chi connectivity index (χ1) is 21.4. The van der Waals surface area contributed by atoms with Crippen molar-refractivity contribution >= 4 is 43.9 Å². The molecule has 0 saturated heterocycles. The molecule has 8 rings (SSSR count). The highest BCUT2D eigenvalue weighted by Crippen LogP contribution is 2.46. The van der Waals surface area contributed by atoms with E-state index in [0.29, 0.717) is 11.8 Å². The molecule has 0 fully saturated rings. The van der Waals surface area contributed by atoms with Gasteiger partial charge in [-0.3, -0.25) is 4.57 Å². The molecule has 4 nitrogen and oxygen atoms in total. The number of imidazole rings is 1. The molecule has 0 N–H and O–H groups in total. The van der Waals surface area contributed by atoms with Crippen LogP contribution in [0.2, 0.25) is 0 Å². The molecule has 0 spiro atoms. The number of nitrogens with zero attached hydrogens (tertiary/aromatic N) is 2. The summed E-state index contributed by atoms with van der Waals surface area (Å²) in [5, 5.41) is 3.09. The molecule has 0 unspecified atom stereocenters. The van der Waals surface area contributed by atoms with Gasteiger partial charge in [-0.25, -0.2) is 4.98 Å². The van der Waals surface area contributed by atoms with Gasteiger partial charge in [0, 0.05) is 21.9 Å². The van der Waals surface area contributed by atoms with Crippen LogP contribution in [-0.4, -0.2) is 9.55 Å². The van der Waals surface area contributed by atoms with E-state index in [-0.39, 0.29) is 0 Å². The number of para-hydroxylation sites is 4. The minimum absolute atomic E-state index is 0.330. The fraction of sp³-hybridized carbons (Fsp3) is 0.175. The van der Waals surface area contributed by atoms with Gasteiger partial charge < -0.3 is 8.83 Å². The fourth-order valence-corrected chi connectivity index (χ4v) is 6.79. The topological polar surface area (TPSA) is 44.1 Å². The van der Waals surface area contributed by atoms with Crippen LogP contribution in [0.15, 0.2) is 112 Å². The number of aromatic nitrogens is 2. The van der Waals surface area contributed by atoms with Crippen LogP contribution in [0.5, 0.6) is 0 Å². The smallest absolute Gasteiger partial charge is 0.150 e. The van der Waals surface area contributed by atoms with Gasteiger partial charge in [-0.15, -0.1) is 0 Å². The maximum absolute atomic E-state index is 6.74. The van der Waals surface area contributed by atoms with E-state index in [1.54, 1.807) is 0 Å². The van der Waals surface area contributed by atoms with Crippen LogP contribution in [0.4, 0.5) is 0 Å². The van der Waals surface area contributed by atoms with E-state index in [9.17, 15) is 0 Å². The van der Waals surface area contributed by atoms with Crippen LogP contribution in [-0.2, 0) is 0 Å². The molecule has 5 aromatic carbocycles. The summed E-state index contributed by atoms with van der Waals surface area (Å²) in [5.74, 6) is 2.41. The van der Waals surface area contributed by atoms with E-state index >= 15 is 0 Å². The number of fused-ring (bicyclic) bond motifs is 6. The largest absolute Gasteiger partial charge is 0.455 e. The van der Waals surface area contributed by atoms with Crippen molar-refractivity contribution in [3.05, 3.63) is 120 Å². The average molecular weight is 575 g/mol. The molecule has 3 heterocycles. The highest BCUT2D eigenvalue weighted by Gasteiger charge is 2.27. The van der Waals surface area contributed by atoms with Gasteiger partial charge in [-0.1, -0.05) is 107 Å². The Morgan fingerprint density at radius 2 is 1.34 bits per heavy atom. The van der Waals surface area contributed by atoms with Crippen molar-refractivity contribution < 1.29 is 8.83 Å². The summed E-state index contributed by atoms with van der Waals surface area (Å²) < 4.78 is 15.8. The van der Waals surface area contributed by atoms with Crippen molar-refractivity contribution in [3.8, 4) is 28.4 Å². The molecule has 8 aromatic rings. The molecule has 4 heteroatoms. The number of furan rings is 2. The third-order valence-corrected chi connectivity index (χ3v) is 8.95. The highest BCUT2D eigenvalue weighted by atomic mass is 16.3. The zero-order chi connectivity index (χ0) is 30.1. The van der Waals surface area contributed by atoms with Crippen LogP contribution in [0.3, 0.4) is 0 Å². The Kier molecular flexibility index (Phi) is 6.02. The summed E-state index contributed by atoms with van der Waals surface area (Å²) in [6.07, 6.45) is 0. The standard InChI is InChI=1S/C40H34N2O2/c1-23(2)27-17-13-18-28(24(3)4)36(27)42-33-20-11-10-19-32(33)41-40(42)31-22-30-25(5)37(26-14-7-6-8-15-26)44-38(30)35-29-16-9-12-21-34(29)43-39(31)35/h6-24H,1-5H3. The van der Waals surface area contributed by atoms with Crippen LogP contribution in [0.25, 0.3) is 72.3 Å². The zero-order valence-electron chi connectivity index (χ0n) is 25.7. The second-order valence-corrected chi connectivity index (χ2v) is 12.4. The van der Waals surface area contributed by atoms with Crippen LogP contribution >= 0.6 is 0 Å². The van der Waals surface area contributed by atoms with Crippen molar-refractivity contribution in [2.24, 2.45) is 0 Å². The molecule has 216 valence electrons. The number of rotatable bonds is 5. The van der Waals surface area contributed by atoms with Gasteiger partial charge in [-0.2, -0.15) is 0 Å². The molecule has 0 radical (unpaired) electrons. The lowest BCUT2D eigenvalue weighted by atomic mass is 9.92. The minimum Gasteiger partial charge on any atom is -0.455 e. The van der Waals surface area contributed by atoms with Crippen LogP contribution in [0.1, 0.15) is 56.2 Å².